The minimum Gasteiger partial charge on any atom is -0.380 e. The molecule has 0 aromatic heterocycles. The van der Waals surface area contributed by atoms with Gasteiger partial charge in [-0.1, -0.05) is 24.3 Å². The average Bonchev–Trinajstić information content (AvgIpc) is 2.41. The van der Waals surface area contributed by atoms with Crippen LogP contribution in [0.4, 0.5) is 0 Å². The number of nitrogens with zero attached hydrogens (tertiary/aromatic N) is 1. The van der Waals surface area contributed by atoms with Crippen LogP contribution in [0.25, 0.3) is 0 Å². The highest BCUT2D eigenvalue weighted by atomic mass is 16.5. The molecule has 100 valence electrons. The first-order valence-electron chi connectivity index (χ1n) is 6.81. The highest BCUT2D eigenvalue weighted by Crippen LogP contribution is 2.19. The van der Waals surface area contributed by atoms with Crippen molar-refractivity contribution in [1.82, 2.24) is 4.90 Å². The minimum atomic E-state index is 0.674. The van der Waals surface area contributed by atoms with Gasteiger partial charge < -0.3 is 10.5 Å². The number of rotatable bonds is 5. The Balaban J connectivity index is 1.99. The molecule has 0 saturated carbocycles. The maximum atomic E-state index is 5.79. The Morgan fingerprint density at radius 2 is 2.11 bits per heavy atom. The average molecular weight is 248 g/mol. The van der Waals surface area contributed by atoms with Crippen molar-refractivity contribution >= 4 is 0 Å². The number of ether oxygens (including phenoxy) is 1. The molecule has 0 amide bonds. The third kappa shape index (κ3) is 3.55. The molecule has 1 fully saturated rings. The summed E-state index contributed by atoms with van der Waals surface area (Å²) in [6, 6.07) is 8.55. The molecule has 1 saturated heterocycles. The van der Waals surface area contributed by atoms with Gasteiger partial charge in [-0.25, -0.2) is 0 Å². The van der Waals surface area contributed by atoms with Crippen LogP contribution in [0.3, 0.4) is 0 Å². The molecule has 1 heterocycles. The van der Waals surface area contributed by atoms with E-state index in [1.807, 2.05) is 0 Å². The van der Waals surface area contributed by atoms with Gasteiger partial charge in [-0.2, -0.15) is 0 Å². The van der Waals surface area contributed by atoms with Gasteiger partial charge in [0.15, 0.2) is 0 Å². The van der Waals surface area contributed by atoms with Gasteiger partial charge in [-0.3, -0.25) is 4.90 Å². The molecule has 3 heteroatoms. The lowest BCUT2D eigenvalue weighted by Gasteiger charge is -2.32. The predicted molar refractivity (Wildman–Crippen MR) is 74.2 cm³/mol. The molecule has 0 radical (unpaired) electrons. The summed E-state index contributed by atoms with van der Waals surface area (Å²) in [6.07, 6.45) is 2.56. The Morgan fingerprint density at radius 3 is 2.83 bits per heavy atom. The van der Waals surface area contributed by atoms with Crippen molar-refractivity contribution < 1.29 is 4.74 Å². The first kappa shape index (κ1) is 13.5. The van der Waals surface area contributed by atoms with E-state index in [1.165, 1.54) is 30.5 Å². The van der Waals surface area contributed by atoms with Crippen LogP contribution in [0.15, 0.2) is 24.3 Å². The zero-order valence-corrected chi connectivity index (χ0v) is 11.3. The molecule has 3 nitrogen and oxygen atoms in total. The van der Waals surface area contributed by atoms with Gasteiger partial charge in [0.25, 0.3) is 0 Å². The van der Waals surface area contributed by atoms with Gasteiger partial charge >= 0.3 is 0 Å². The van der Waals surface area contributed by atoms with Crippen LogP contribution in [0.5, 0.6) is 0 Å². The monoisotopic (exact) mass is 248 g/mol. The number of methoxy groups -OCH3 is 1. The highest BCUT2D eigenvalue weighted by Gasteiger charge is 2.19. The number of hydrogen-bond acceptors (Lipinski definition) is 3. The van der Waals surface area contributed by atoms with Crippen molar-refractivity contribution in [2.75, 3.05) is 26.7 Å². The summed E-state index contributed by atoms with van der Waals surface area (Å²) in [5.74, 6) is 0.674. The summed E-state index contributed by atoms with van der Waals surface area (Å²) < 4.78 is 5.26. The van der Waals surface area contributed by atoms with E-state index < -0.39 is 0 Å². The summed E-state index contributed by atoms with van der Waals surface area (Å²) in [7, 11) is 1.75. The van der Waals surface area contributed by atoms with Crippen LogP contribution >= 0.6 is 0 Å². The van der Waals surface area contributed by atoms with E-state index in [-0.39, 0.29) is 0 Å². The van der Waals surface area contributed by atoms with Crippen LogP contribution < -0.4 is 5.73 Å². The van der Waals surface area contributed by atoms with E-state index in [0.717, 1.165) is 19.6 Å². The lowest BCUT2D eigenvalue weighted by atomic mass is 9.97. The summed E-state index contributed by atoms with van der Waals surface area (Å²) in [5, 5.41) is 0. The zero-order chi connectivity index (χ0) is 12.8. The smallest absolute Gasteiger partial charge is 0.0716 e. The molecule has 1 aromatic rings. The number of nitrogens with two attached hydrogens (primary N) is 1. The molecule has 0 aliphatic carbocycles. The fraction of sp³-hybridized carbons (Fsp3) is 0.600. The summed E-state index contributed by atoms with van der Waals surface area (Å²) in [6.45, 7) is 4.87. The van der Waals surface area contributed by atoms with Crippen molar-refractivity contribution in [1.29, 1.82) is 0 Å². The van der Waals surface area contributed by atoms with Crippen LogP contribution in [-0.2, 0) is 17.9 Å². The molecule has 1 unspecified atom stereocenters. The zero-order valence-electron chi connectivity index (χ0n) is 11.3. The predicted octanol–water partition coefficient (Wildman–Crippen LogP) is 2.00. The lowest BCUT2D eigenvalue weighted by Crippen LogP contribution is -2.38. The molecule has 2 rings (SSSR count). The standard InChI is InChI=1S/C15H24N2O/c1-18-12-15-7-3-2-6-14(15)11-17-8-4-5-13(9-16)10-17/h2-3,6-7,13H,4-5,8-12,16H2,1H3. The van der Waals surface area contributed by atoms with E-state index in [0.29, 0.717) is 12.5 Å². The van der Waals surface area contributed by atoms with Gasteiger partial charge in [0, 0.05) is 20.2 Å². The second kappa shape index (κ2) is 6.88. The quantitative estimate of drug-likeness (QED) is 0.866. The Morgan fingerprint density at radius 1 is 1.33 bits per heavy atom. The highest BCUT2D eigenvalue weighted by molar-refractivity contribution is 5.26. The van der Waals surface area contributed by atoms with Crippen LogP contribution in [-0.4, -0.2) is 31.6 Å². The number of likely N-dealkylation sites (tertiary alicyclic amines) is 1. The summed E-state index contributed by atoms with van der Waals surface area (Å²) in [4.78, 5) is 2.52. The van der Waals surface area contributed by atoms with Gasteiger partial charge in [0.2, 0.25) is 0 Å². The minimum absolute atomic E-state index is 0.674. The molecule has 1 atom stereocenters. The van der Waals surface area contributed by atoms with E-state index >= 15 is 0 Å². The topological polar surface area (TPSA) is 38.5 Å². The van der Waals surface area contributed by atoms with Crippen molar-refractivity contribution in [3.8, 4) is 0 Å². The van der Waals surface area contributed by atoms with E-state index in [1.54, 1.807) is 7.11 Å². The fourth-order valence-corrected chi connectivity index (χ4v) is 2.74. The van der Waals surface area contributed by atoms with Crippen molar-refractivity contribution in [2.24, 2.45) is 11.7 Å². The molecule has 1 aliphatic heterocycles. The Bertz CT molecular complexity index is 367. The van der Waals surface area contributed by atoms with Crippen LogP contribution in [0.2, 0.25) is 0 Å². The van der Waals surface area contributed by atoms with Crippen molar-refractivity contribution in [3.63, 3.8) is 0 Å². The third-order valence-corrected chi connectivity index (χ3v) is 3.75. The fourth-order valence-electron chi connectivity index (χ4n) is 2.74. The molecular formula is C15H24N2O. The van der Waals surface area contributed by atoms with E-state index in [4.69, 9.17) is 10.5 Å². The van der Waals surface area contributed by atoms with Gasteiger partial charge in [-0.15, -0.1) is 0 Å². The lowest BCUT2D eigenvalue weighted by molar-refractivity contribution is 0.164. The van der Waals surface area contributed by atoms with E-state index in [9.17, 15) is 0 Å². The Labute approximate surface area is 110 Å². The molecule has 1 aliphatic rings. The first-order chi connectivity index (χ1) is 8.83. The summed E-state index contributed by atoms with van der Waals surface area (Å²) in [5.41, 5.74) is 8.48. The first-order valence-corrected chi connectivity index (χ1v) is 6.81. The van der Waals surface area contributed by atoms with Crippen LogP contribution in [0, 0.1) is 5.92 Å². The van der Waals surface area contributed by atoms with E-state index in [2.05, 4.69) is 29.2 Å². The van der Waals surface area contributed by atoms with Crippen molar-refractivity contribution in [2.45, 2.75) is 26.0 Å². The number of benzene rings is 1. The SMILES string of the molecule is COCc1ccccc1CN1CCCC(CN)C1. The van der Waals surface area contributed by atoms with Gasteiger partial charge in [0.1, 0.15) is 0 Å². The largest absolute Gasteiger partial charge is 0.380 e. The second-order valence-corrected chi connectivity index (χ2v) is 5.18. The summed E-state index contributed by atoms with van der Waals surface area (Å²) >= 11 is 0. The molecular weight excluding hydrogens is 224 g/mol. The Kier molecular flexibility index (Phi) is 5.17. The van der Waals surface area contributed by atoms with Gasteiger partial charge in [0.05, 0.1) is 6.61 Å². The second-order valence-electron chi connectivity index (χ2n) is 5.18. The molecule has 1 aromatic carbocycles. The number of hydrogen-bond donors (Lipinski definition) is 1. The molecule has 0 spiro atoms. The third-order valence-electron chi connectivity index (χ3n) is 3.75. The van der Waals surface area contributed by atoms with Crippen LogP contribution in [0.1, 0.15) is 24.0 Å². The number of piperidine rings is 1. The van der Waals surface area contributed by atoms with Crippen molar-refractivity contribution in [3.05, 3.63) is 35.4 Å². The maximum absolute atomic E-state index is 5.79. The normalized spacial score (nSPS) is 21.1. The molecule has 18 heavy (non-hydrogen) atoms. The van der Waals surface area contributed by atoms with Gasteiger partial charge in [-0.05, 0) is 43.0 Å². The molecule has 0 bridgehead atoms. The Hall–Kier alpha value is -0.900. The maximum Gasteiger partial charge on any atom is 0.0716 e. The molecule has 2 N–H and O–H groups in total.